The normalized spacial score (nSPS) is 17.3. The maximum absolute atomic E-state index is 14.6. The second-order valence-electron chi connectivity index (χ2n) is 8.10. The Morgan fingerprint density at radius 1 is 1.17 bits per heavy atom. The first-order valence-electron chi connectivity index (χ1n) is 10.4. The molecule has 2 amide bonds. The number of halogens is 1. The molecule has 0 bridgehead atoms. The molecule has 30 heavy (non-hydrogen) atoms. The summed E-state index contributed by atoms with van der Waals surface area (Å²) in [5, 5.41) is 3.94. The van der Waals surface area contributed by atoms with Gasteiger partial charge in [0.25, 0.3) is 5.91 Å². The summed E-state index contributed by atoms with van der Waals surface area (Å²) < 4.78 is 21.2. The van der Waals surface area contributed by atoms with Crippen molar-refractivity contribution in [2.45, 2.75) is 57.7 Å². The number of hydrogen-bond acceptors (Lipinski definition) is 5. The molecule has 0 spiro atoms. The monoisotopic (exact) mass is 415 g/mol. The number of nitrogens with zero attached hydrogens (tertiary/aromatic N) is 5. The lowest BCUT2D eigenvalue weighted by molar-refractivity contribution is 0.0451. The van der Waals surface area contributed by atoms with Crippen molar-refractivity contribution in [2.75, 3.05) is 13.1 Å². The zero-order chi connectivity index (χ0) is 21.3. The van der Waals surface area contributed by atoms with Gasteiger partial charge >= 0.3 is 6.09 Å². The fraction of sp³-hybridized carbons (Fsp3) is 0.524. The van der Waals surface area contributed by atoms with E-state index in [2.05, 4.69) is 10.1 Å². The van der Waals surface area contributed by atoms with Gasteiger partial charge in [0.05, 0.1) is 6.10 Å². The molecule has 1 aliphatic carbocycles. The lowest BCUT2D eigenvalue weighted by atomic mass is 10.0. The molecule has 2 fully saturated rings. The van der Waals surface area contributed by atoms with Crippen LogP contribution in [0.5, 0.6) is 0 Å². The number of carbonyl (C=O) groups is 2. The molecule has 0 atom stereocenters. The molecule has 160 valence electrons. The van der Waals surface area contributed by atoms with E-state index in [9.17, 15) is 14.0 Å². The van der Waals surface area contributed by atoms with Crippen molar-refractivity contribution in [1.29, 1.82) is 0 Å². The molecule has 1 aromatic carbocycles. The first kappa shape index (κ1) is 20.3. The number of likely N-dealkylation sites (tertiary alicyclic amines) is 1. The minimum Gasteiger partial charge on any atom is -0.447 e. The zero-order valence-corrected chi connectivity index (χ0v) is 17.2. The average Bonchev–Trinajstić information content (AvgIpc) is 3.40. The van der Waals surface area contributed by atoms with Crippen LogP contribution in [-0.4, -0.2) is 67.8 Å². The number of benzene rings is 1. The fourth-order valence-electron chi connectivity index (χ4n) is 3.89. The van der Waals surface area contributed by atoms with Crippen LogP contribution in [0.2, 0.25) is 0 Å². The van der Waals surface area contributed by atoms with Gasteiger partial charge in [-0.15, -0.1) is 0 Å². The van der Waals surface area contributed by atoms with E-state index in [1.807, 2.05) is 18.7 Å². The van der Waals surface area contributed by atoms with Crippen molar-refractivity contribution in [3.8, 4) is 5.69 Å². The van der Waals surface area contributed by atoms with Gasteiger partial charge in [0.1, 0.15) is 24.2 Å². The van der Waals surface area contributed by atoms with E-state index in [-0.39, 0.29) is 35.9 Å². The fourth-order valence-corrected chi connectivity index (χ4v) is 3.89. The summed E-state index contributed by atoms with van der Waals surface area (Å²) in [5.41, 5.74) is 0.573. The number of piperidine rings is 1. The number of hydrogen-bond donors (Lipinski definition) is 0. The molecule has 2 heterocycles. The summed E-state index contributed by atoms with van der Waals surface area (Å²) in [7, 11) is 0. The Morgan fingerprint density at radius 2 is 1.87 bits per heavy atom. The highest BCUT2D eigenvalue weighted by Crippen LogP contribution is 2.33. The average molecular weight is 415 g/mol. The summed E-state index contributed by atoms with van der Waals surface area (Å²) >= 11 is 0. The molecule has 1 saturated carbocycles. The molecule has 9 heteroatoms. The molecular formula is C21H26FN5O3. The number of amides is 2. The van der Waals surface area contributed by atoms with Crippen molar-refractivity contribution >= 4 is 12.0 Å². The van der Waals surface area contributed by atoms with Crippen LogP contribution in [0.4, 0.5) is 9.18 Å². The van der Waals surface area contributed by atoms with Crippen molar-refractivity contribution in [2.24, 2.45) is 0 Å². The smallest absolute Gasteiger partial charge is 0.410 e. The van der Waals surface area contributed by atoms with E-state index in [1.54, 1.807) is 17.0 Å². The number of aromatic nitrogens is 3. The SMILES string of the molecule is CC(C)OC(=O)N1CCC(N(C(=O)c2ccc(-n3cncn3)c(F)c2)C2CC2)CC1. The van der Waals surface area contributed by atoms with Crippen molar-refractivity contribution in [3.63, 3.8) is 0 Å². The van der Waals surface area contributed by atoms with Crippen LogP contribution in [0.15, 0.2) is 30.9 Å². The molecular weight excluding hydrogens is 389 g/mol. The molecule has 0 unspecified atom stereocenters. The molecule has 1 aliphatic heterocycles. The Labute approximate surface area is 174 Å². The van der Waals surface area contributed by atoms with Crippen LogP contribution in [0.1, 0.15) is 49.9 Å². The summed E-state index contributed by atoms with van der Waals surface area (Å²) in [5.74, 6) is -0.682. The minimum absolute atomic E-state index is 0.0335. The van der Waals surface area contributed by atoms with E-state index in [1.165, 1.54) is 23.4 Å². The second kappa shape index (κ2) is 8.41. The number of ether oxygens (including phenoxy) is 1. The third-order valence-corrected chi connectivity index (χ3v) is 5.49. The molecule has 0 radical (unpaired) electrons. The summed E-state index contributed by atoms with van der Waals surface area (Å²) in [4.78, 5) is 32.8. The van der Waals surface area contributed by atoms with Crippen LogP contribution in [0.3, 0.4) is 0 Å². The maximum Gasteiger partial charge on any atom is 0.410 e. The Balaban J connectivity index is 1.46. The predicted octanol–water partition coefficient (Wildman–Crippen LogP) is 3.02. The third kappa shape index (κ3) is 4.29. The van der Waals surface area contributed by atoms with Crippen molar-refractivity contribution in [3.05, 3.63) is 42.2 Å². The Kier molecular flexibility index (Phi) is 5.69. The molecule has 0 N–H and O–H groups in total. The van der Waals surface area contributed by atoms with Crippen molar-refractivity contribution < 1.29 is 18.7 Å². The Morgan fingerprint density at radius 3 is 2.43 bits per heavy atom. The lowest BCUT2D eigenvalue weighted by Crippen LogP contribution is -2.50. The third-order valence-electron chi connectivity index (χ3n) is 5.49. The summed E-state index contributed by atoms with van der Waals surface area (Å²) in [6.07, 6.45) is 5.57. The van der Waals surface area contributed by atoms with Crippen molar-refractivity contribution in [1.82, 2.24) is 24.6 Å². The predicted molar refractivity (Wildman–Crippen MR) is 107 cm³/mol. The van der Waals surface area contributed by atoms with E-state index in [0.717, 1.165) is 12.8 Å². The van der Waals surface area contributed by atoms with Crippen LogP contribution < -0.4 is 0 Å². The van der Waals surface area contributed by atoms with E-state index in [4.69, 9.17) is 4.74 Å². The van der Waals surface area contributed by atoms with E-state index < -0.39 is 5.82 Å². The van der Waals surface area contributed by atoms with Crippen LogP contribution in [0, 0.1) is 5.82 Å². The summed E-state index contributed by atoms with van der Waals surface area (Å²) in [6, 6.07) is 4.67. The number of carbonyl (C=O) groups excluding carboxylic acids is 2. The first-order chi connectivity index (χ1) is 14.4. The van der Waals surface area contributed by atoms with Gasteiger partial charge in [-0.2, -0.15) is 5.10 Å². The lowest BCUT2D eigenvalue weighted by Gasteiger charge is -2.38. The molecule has 4 rings (SSSR count). The number of rotatable bonds is 5. The van der Waals surface area contributed by atoms with Gasteiger partial charge in [-0.05, 0) is 57.7 Å². The Hall–Kier alpha value is -2.97. The molecule has 1 saturated heterocycles. The second-order valence-corrected chi connectivity index (χ2v) is 8.10. The summed E-state index contributed by atoms with van der Waals surface area (Å²) in [6.45, 7) is 4.75. The van der Waals surface area contributed by atoms with Gasteiger partial charge in [-0.3, -0.25) is 4.79 Å². The van der Waals surface area contributed by atoms with E-state index >= 15 is 0 Å². The first-order valence-corrected chi connectivity index (χ1v) is 10.4. The van der Waals surface area contributed by atoms with Gasteiger partial charge < -0.3 is 14.5 Å². The highest BCUT2D eigenvalue weighted by Gasteiger charge is 2.39. The topological polar surface area (TPSA) is 80.6 Å². The van der Waals surface area contributed by atoms with Gasteiger partial charge in [-0.1, -0.05) is 0 Å². The molecule has 8 nitrogen and oxygen atoms in total. The molecule has 2 aromatic rings. The highest BCUT2D eigenvalue weighted by molar-refractivity contribution is 5.95. The van der Waals surface area contributed by atoms with Gasteiger partial charge in [0.15, 0.2) is 0 Å². The van der Waals surface area contributed by atoms with Crippen LogP contribution >= 0.6 is 0 Å². The van der Waals surface area contributed by atoms with Gasteiger partial charge in [0, 0.05) is 30.7 Å². The quantitative estimate of drug-likeness (QED) is 0.750. The van der Waals surface area contributed by atoms with Crippen LogP contribution in [-0.2, 0) is 4.74 Å². The van der Waals surface area contributed by atoms with Crippen LogP contribution in [0.25, 0.3) is 5.69 Å². The van der Waals surface area contributed by atoms with Gasteiger partial charge in [0.2, 0.25) is 0 Å². The largest absolute Gasteiger partial charge is 0.447 e. The zero-order valence-electron chi connectivity index (χ0n) is 17.2. The standard InChI is InChI=1S/C21H26FN5O3/c1-14(2)30-21(29)25-9-7-17(8-10-25)27(16-4-5-16)20(28)15-3-6-19(18(22)11-15)26-13-23-12-24-26/h3,6,11-14,16-17H,4-5,7-10H2,1-2H3. The molecule has 1 aromatic heterocycles. The van der Waals surface area contributed by atoms with Gasteiger partial charge in [-0.25, -0.2) is 18.9 Å². The van der Waals surface area contributed by atoms with E-state index in [0.29, 0.717) is 31.5 Å². The Bertz CT molecular complexity index is 905. The minimum atomic E-state index is -0.520. The molecule has 2 aliphatic rings. The highest BCUT2D eigenvalue weighted by atomic mass is 19.1. The maximum atomic E-state index is 14.6.